The van der Waals surface area contributed by atoms with Crippen LogP contribution in [0.25, 0.3) is 0 Å². The highest BCUT2D eigenvalue weighted by Gasteiger charge is 2.31. The molecule has 0 radical (unpaired) electrons. The summed E-state index contributed by atoms with van der Waals surface area (Å²) in [4.78, 5) is 2.23. The van der Waals surface area contributed by atoms with Gasteiger partial charge in [0, 0.05) is 23.2 Å². The van der Waals surface area contributed by atoms with E-state index in [2.05, 4.69) is 11.8 Å². The van der Waals surface area contributed by atoms with E-state index in [-0.39, 0.29) is 11.9 Å². The van der Waals surface area contributed by atoms with Crippen molar-refractivity contribution in [2.24, 2.45) is 11.7 Å². The normalized spacial score (nSPS) is 24.9. The van der Waals surface area contributed by atoms with Gasteiger partial charge < -0.3 is 5.73 Å². The minimum Gasteiger partial charge on any atom is -0.329 e. The van der Waals surface area contributed by atoms with Crippen LogP contribution in [0.1, 0.15) is 44.2 Å². The Bertz CT molecular complexity index is 432. The SMILES string of the molecule is CC1CCCCC1N(C)C(CN)c1c(F)cccc1Cl. The first-order valence-electron chi connectivity index (χ1n) is 7.42. The van der Waals surface area contributed by atoms with Crippen LogP contribution in [0.2, 0.25) is 5.02 Å². The smallest absolute Gasteiger partial charge is 0.129 e. The Hall–Kier alpha value is -0.640. The summed E-state index contributed by atoms with van der Waals surface area (Å²) in [7, 11) is 2.05. The standard InChI is InChI=1S/C16H24ClFN2/c1-11-6-3-4-9-14(11)20(2)15(10-19)16-12(17)7-5-8-13(16)18/h5,7-8,11,14-15H,3-4,6,9-10,19H2,1-2H3. The monoisotopic (exact) mass is 298 g/mol. The number of likely N-dealkylation sites (N-methyl/N-ethyl adjacent to an activating group) is 1. The molecule has 1 aromatic carbocycles. The zero-order chi connectivity index (χ0) is 14.7. The first kappa shape index (κ1) is 15.7. The fourth-order valence-corrected chi connectivity index (χ4v) is 3.74. The van der Waals surface area contributed by atoms with Gasteiger partial charge >= 0.3 is 0 Å². The lowest BCUT2D eigenvalue weighted by atomic mass is 9.84. The van der Waals surface area contributed by atoms with E-state index in [4.69, 9.17) is 17.3 Å². The average molecular weight is 299 g/mol. The Morgan fingerprint density at radius 2 is 2.10 bits per heavy atom. The predicted molar refractivity (Wildman–Crippen MR) is 82.4 cm³/mol. The number of rotatable bonds is 4. The van der Waals surface area contributed by atoms with Crippen molar-refractivity contribution in [3.8, 4) is 0 Å². The first-order chi connectivity index (χ1) is 9.56. The van der Waals surface area contributed by atoms with Crippen LogP contribution in [0.15, 0.2) is 18.2 Å². The number of benzene rings is 1. The van der Waals surface area contributed by atoms with Gasteiger partial charge in [0.2, 0.25) is 0 Å². The van der Waals surface area contributed by atoms with Crippen molar-refractivity contribution in [3.63, 3.8) is 0 Å². The van der Waals surface area contributed by atoms with Gasteiger partial charge in [-0.2, -0.15) is 0 Å². The first-order valence-corrected chi connectivity index (χ1v) is 7.80. The van der Waals surface area contributed by atoms with Gasteiger partial charge in [0.1, 0.15) is 5.82 Å². The molecule has 0 amide bonds. The van der Waals surface area contributed by atoms with Gasteiger partial charge in [-0.25, -0.2) is 4.39 Å². The molecule has 1 aliphatic rings. The van der Waals surface area contributed by atoms with Crippen LogP contribution in [0.4, 0.5) is 4.39 Å². The highest BCUT2D eigenvalue weighted by Crippen LogP contribution is 2.35. The highest BCUT2D eigenvalue weighted by molar-refractivity contribution is 6.31. The maximum atomic E-state index is 14.1. The van der Waals surface area contributed by atoms with Gasteiger partial charge in [-0.15, -0.1) is 0 Å². The summed E-state index contributed by atoms with van der Waals surface area (Å²) >= 11 is 6.20. The Morgan fingerprint density at radius 1 is 1.40 bits per heavy atom. The summed E-state index contributed by atoms with van der Waals surface area (Å²) in [6.07, 6.45) is 4.92. The van der Waals surface area contributed by atoms with Crippen molar-refractivity contribution >= 4 is 11.6 Å². The minimum atomic E-state index is -0.261. The molecule has 0 saturated heterocycles. The van der Waals surface area contributed by atoms with E-state index < -0.39 is 0 Å². The summed E-state index contributed by atoms with van der Waals surface area (Å²) in [5.41, 5.74) is 6.47. The molecular formula is C16H24ClFN2. The summed E-state index contributed by atoms with van der Waals surface area (Å²) in [6.45, 7) is 2.65. The van der Waals surface area contributed by atoms with Crippen LogP contribution in [0.5, 0.6) is 0 Å². The molecule has 4 heteroatoms. The molecule has 0 aromatic heterocycles. The van der Waals surface area contributed by atoms with Crippen molar-refractivity contribution in [3.05, 3.63) is 34.6 Å². The van der Waals surface area contributed by atoms with Gasteiger partial charge in [-0.3, -0.25) is 4.90 Å². The molecular weight excluding hydrogens is 275 g/mol. The summed E-state index contributed by atoms with van der Waals surface area (Å²) < 4.78 is 14.1. The molecule has 2 nitrogen and oxygen atoms in total. The van der Waals surface area contributed by atoms with Crippen molar-refractivity contribution < 1.29 is 4.39 Å². The number of hydrogen-bond acceptors (Lipinski definition) is 2. The molecule has 1 aliphatic carbocycles. The molecule has 1 aromatic rings. The van der Waals surface area contributed by atoms with Crippen molar-refractivity contribution in [2.75, 3.05) is 13.6 Å². The van der Waals surface area contributed by atoms with Crippen LogP contribution < -0.4 is 5.73 Å². The summed E-state index contributed by atoms with van der Waals surface area (Å²) in [5, 5.41) is 0.468. The third-order valence-corrected chi connectivity index (χ3v) is 4.97. The van der Waals surface area contributed by atoms with E-state index in [9.17, 15) is 4.39 Å². The second-order valence-electron chi connectivity index (χ2n) is 5.88. The third-order valence-electron chi connectivity index (χ3n) is 4.64. The van der Waals surface area contributed by atoms with Crippen molar-refractivity contribution in [2.45, 2.75) is 44.7 Å². The molecule has 2 rings (SSSR count). The number of nitrogens with zero attached hydrogens (tertiary/aromatic N) is 1. The van der Waals surface area contributed by atoms with Crippen LogP contribution >= 0.6 is 11.6 Å². The van der Waals surface area contributed by atoms with E-state index >= 15 is 0 Å². The van der Waals surface area contributed by atoms with Gasteiger partial charge in [-0.05, 0) is 37.9 Å². The van der Waals surface area contributed by atoms with Crippen LogP contribution in [0, 0.1) is 11.7 Å². The molecule has 112 valence electrons. The Morgan fingerprint density at radius 3 is 2.70 bits per heavy atom. The largest absolute Gasteiger partial charge is 0.329 e. The van der Waals surface area contributed by atoms with Crippen molar-refractivity contribution in [1.29, 1.82) is 0 Å². The zero-order valence-corrected chi connectivity index (χ0v) is 13.0. The molecule has 1 saturated carbocycles. The fourth-order valence-electron chi connectivity index (χ4n) is 3.45. The molecule has 2 N–H and O–H groups in total. The number of hydrogen-bond donors (Lipinski definition) is 1. The molecule has 3 unspecified atom stereocenters. The van der Waals surface area contributed by atoms with Crippen LogP contribution in [0.3, 0.4) is 0 Å². The Kier molecular flexibility index (Phi) is 5.42. The molecule has 20 heavy (non-hydrogen) atoms. The maximum Gasteiger partial charge on any atom is 0.129 e. The van der Waals surface area contributed by atoms with Gasteiger partial charge in [0.05, 0.1) is 6.04 Å². The predicted octanol–water partition coefficient (Wildman–Crippen LogP) is 3.99. The fraction of sp³-hybridized carbons (Fsp3) is 0.625. The quantitative estimate of drug-likeness (QED) is 0.911. The lowest BCUT2D eigenvalue weighted by Crippen LogP contribution is -2.43. The van der Waals surface area contributed by atoms with Gasteiger partial charge in [-0.1, -0.05) is 37.4 Å². The lowest BCUT2D eigenvalue weighted by Gasteiger charge is -2.41. The van der Waals surface area contributed by atoms with Gasteiger partial charge in [0.15, 0.2) is 0 Å². The van der Waals surface area contributed by atoms with E-state index in [0.29, 0.717) is 29.1 Å². The Balaban J connectivity index is 2.27. The highest BCUT2D eigenvalue weighted by atomic mass is 35.5. The second-order valence-corrected chi connectivity index (χ2v) is 6.29. The Labute approximate surface area is 126 Å². The van der Waals surface area contributed by atoms with Crippen LogP contribution in [-0.2, 0) is 0 Å². The van der Waals surface area contributed by atoms with Crippen LogP contribution in [-0.4, -0.2) is 24.5 Å². The van der Waals surface area contributed by atoms with E-state index in [1.807, 2.05) is 7.05 Å². The topological polar surface area (TPSA) is 29.3 Å². The molecule has 0 bridgehead atoms. The molecule has 1 fully saturated rings. The molecule has 3 atom stereocenters. The summed E-state index contributed by atoms with van der Waals surface area (Å²) in [5.74, 6) is 0.358. The lowest BCUT2D eigenvalue weighted by molar-refractivity contribution is 0.0976. The number of halogens is 2. The molecule has 0 spiro atoms. The van der Waals surface area contributed by atoms with Crippen molar-refractivity contribution in [1.82, 2.24) is 4.90 Å². The average Bonchev–Trinajstić information content (AvgIpc) is 2.43. The third kappa shape index (κ3) is 3.16. The van der Waals surface area contributed by atoms with E-state index in [1.165, 1.54) is 25.3 Å². The maximum absolute atomic E-state index is 14.1. The van der Waals surface area contributed by atoms with E-state index in [0.717, 1.165) is 6.42 Å². The second kappa shape index (κ2) is 6.88. The summed E-state index contributed by atoms with van der Waals surface area (Å²) in [6, 6.07) is 5.13. The molecule has 0 heterocycles. The van der Waals surface area contributed by atoms with E-state index in [1.54, 1.807) is 12.1 Å². The minimum absolute atomic E-state index is 0.158. The van der Waals surface area contributed by atoms with Gasteiger partial charge in [0.25, 0.3) is 0 Å². The molecule has 0 aliphatic heterocycles. The zero-order valence-electron chi connectivity index (χ0n) is 12.3. The number of nitrogens with two attached hydrogens (primary N) is 1.